The zero-order valence-electron chi connectivity index (χ0n) is 8.74. The van der Waals surface area contributed by atoms with Gasteiger partial charge in [-0.2, -0.15) is 0 Å². The molecule has 0 aliphatic heterocycles. The van der Waals surface area contributed by atoms with E-state index in [-0.39, 0.29) is 0 Å². The average Bonchev–Trinajstić information content (AvgIpc) is 2.26. The molecule has 1 aromatic carbocycles. The van der Waals surface area contributed by atoms with Crippen LogP contribution in [0, 0.1) is 0 Å². The number of hydrogen-bond acceptors (Lipinski definition) is 3. The topological polar surface area (TPSA) is 58.6 Å². The van der Waals surface area contributed by atoms with Crippen molar-refractivity contribution in [1.82, 2.24) is 0 Å². The van der Waals surface area contributed by atoms with Crippen LogP contribution in [-0.2, 0) is 4.79 Å². The van der Waals surface area contributed by atoms with E-state index in [1.807, 2.05) is 0 Å². The van der Waals surface area contributed by atoms with Gasteiger partial charge in [0.15, 0.2) is 0 Å². The van der Waals surface area contributed by atoms with Crippen molar-refractivity contribution in [1.29, 1.82) is 0 Å². The molecule has 0 spiro atoms. The van der Waals surface area contributed by atoms with E-state index in [9.17, 15) is 4.79 Å². The quantitative estimate of drug-likeness (QED) is 0.778. The normalized spacial score (nSPS) is 10.4. The minimum atomic E-state index is -0.963. The number of benzene rings is 1. The van der Waals surface area contributed by atoms with Crippen molar-refractivity contribution in [3.63, 3.8) is 0 Å². The standard InChI is InChI=1S/C11H12ClNO3/c1-16-10-7-8(4-5-9(10)12)13-6-2-3-11(14)15/h2-5,7,13H,6H2,1H3,(H,14,15)/b3-2+. The fraction of sp³-hybridized carbons (Fsp3) is 0.182. The molecule has 0 saturated carbocycles. The van der Waals surface area contributed by atoms with E-state index < -0.39 is 5.97 Å². The fourth-order valence-electron chi connectivity index (χ4n) is 1.11. The predicted molar refractivity (Wildman–Crippen MR) is 63.3 cm³/mol. The molecule has 0 atom stereocenters. The number of rotatable bonds is 5. The van der Waals surface area contributed by atoms with Crippen LogP contribution in [0.25, 0.3) is 0 Å². The first-order valence-electron chi connectivity index (χ1n) is 4.60. The number of anilines is 1. The molecule has 0 fully saturated rings. The molecule has 0 aromatic heterocycles. The highest BCUT2D eigenvalue weighted by atomic mass is 35.5. The highest BCUT2D eigenvalue weighted by Gasteiger charge is 2.00. The minimum Gasteiger partial charge on any atom is -0.495 e. The number of aliphatic carboxylic acids is 1. The number of halogens is 1. The Kier molecular flexibility index (Phi) is 4.66. The van der Waals surface area contributed by atoms with E-state index in [1.165, 1.54) is 13.2 Å². The van der Waals surface area contributed by atoms with E-state index in [4.69, 9.17) is 21.4 Å². The highest BCUT2D eigenvalue weighted by Crippen LogP contribution is 2.27. The molecule has 86 valence electrons. The van der Waals surface area contributed by atoms with Gasteiger partial charge in [-0.15, -0.1) is 0 Å². The summed E-state index contributed by atoms with van der Waals surface area (Å²) < 4.78 is 5.05. The fourth-order valence-corrected chi connectivity index (χ4v) is 1.30. The van der Waals surface area contributed by atoms with Crippen LogP contribution in [0.1, 0.15) is 0 Å². The number of carboxylic acid groups (broad SMARTS) is 1. The molecule has 16 heavy (non-hydrogen) atoms. The second-order valence-electron chi connectivity index (χ2n) is 2.97. The van der Waals surface area contributed by atoms with Crippen LogP contribution in [-0.4, -0.2) is 24.7 Å². The van der Waals surface area contributed by atoms with Crippen LogP contribution in [0.4, 0.5) is 5.69 Å². The lowest BCUT2D eigenvalue weighted by Crippen LogP contribution is -1.99. The van der Waals surface area contributed by atoms with E-state index in [1.54, 1.807) is 18.2 Å². The van der Waals surface area contributed by atoms with Crippen molar-refractivity contribution in [2.45, 2.75) is 0 Å². The summed E-state index contributed by atoms with van der Waals surface area (Å²) in [5.41, 5.74) is 0.816. The first-order chi connectivity index (χ1) is 7.63. The summed E-state index contributed by atoms with van der Waals surface area (Å²) in [5, 5.41) is 11.9. The lowest BCUT2D eigenvalue weighted by atomic mass is 10.3. The Morgan fingerprint density at radius 1 is 1.62 bits per heavy atom. The van der Waals surface area contributed by atoms with E-state index in [0.717, 1.165) is 11.8 Å². The molecular weight excluding hydrogens is 230 g/mol. The number of carboxylic acids is 1. The number of methoxy groups -OCH3 is 1. The summed E-state index contributed by atoms with van der Waals surface area (Å²) in [7, 11) is 1.54. The Morgan fingerprint density at radius 3 is 3.00 bits per heavy atom. The van der Waals surface area contributed by atoms with Gasteiger partial charge in [-0.3, -0.25) is 0 Å². The van der Waals surface area contributed by atoms with Gasteiger partial charge in [-0.1, -0.05) is 17.7 Å². The molecule has 2 N–H and O–H groups in total. The van der Waals surface area contributed by atoms with E-state index in [0.29, 0.717) is 17.3 Å². The third kappa shape index (κ3) is 3.82. The maximum absolute atomic E-state index is 10.2. The van der Waals surface area contributed by atoms with Crippen LogP contribution in [0.2, 0.25) is 5.02 Å². The summed E-state index contributed by atoms with van der Waals surface area (Å²) in [6, 6.07) is 5.25. The Labute approximate surface area is 98.5 Å². The van der Waals surface area contributed by atoms with Crippen molar-refractivity contribution in [2.24, 2.45) is 0 Å². The van der Waals surface area contributed by atoms with Gasteiger partial charge in [0.05, 0.1) is 12.1 Å². The van der Waals surface area contributed by atoms with Crippen LogP contribution in [0.5, 0.6) is 5.75 Å². The zero-order chi connectivity index (χ0) is 12.0. The SMILES string of the molecule is COc1cc(NC/C=C/C(=O)O)ccc1Cl. The molecule has 0 aliphatic carbocycles. The molecule has 0 heterocycles. The summed E-state index contributed by atoms with van der Waals surface area (Å²) in [4.78, 5) is 10.2. The maximum Gasteiger partial charge on any atom is 0.328 e. The lowest BCUT2D eigenvalue weighted by Gasteiger charge is -2.07. The number of nitrogens with one attached hydrogen (secondary N) is 1. The van der Waals surface area contributed by atoms with E-state index >= 15 is 0 Å². The first kappa shape index (κ1) is 12.4. The number of ether oxygens (including phenoxy) is 1. The Bertz CT molecular complexity index is 404. The summed E-state index contributed by atoms with van der Waals surface area (Å²) in [6.07, 6.45) is 2.60. The molecule has 5 heteroatoms. The molecule has 1 aromatic rings. The van der Waals surface area contributed by atoms with Crippen LogP contribution >= 0.6 is 11.6 Å². The Balaban J connectivity index is 2.58. The molecule has 0 amide bonds. The van der Waals surface area contributed by atoms with Gasteiger partial charge < -0.3 is 15.2 Å². The summed E-state index contributed by atoms with van der Waals surface area (Å²) in [5.74, 6) is -0.385. The first-order valence-corrected chi connectivity index (χ1v) is 4.98. The molecule has 0 saturated heterocycles. The molecule has 0 unspecified atom stereocenters. The van der Waals surface area contributed by atoms with Gasteiger partial charge in [0.1, 0.15) is 5.75 Å². The predicted octanol–water partition coefficient (Wildman–Crippen LogP) is 2.40. The van der Waals surface area contributed by atoms with Gasteiger partial charge in [-0.25, -0.2) is 4.79 Å². The van der Waals surface area contributed by atoms with Crippen molar-refractivity contribution < 1.29 is 14.6 Å². The van der Waals surface area contributed by atoms with Crippen LogP contribution < -0.4 is 10.1 Å². The Hall–Kier alpha value is -1.68. The van der Waals surface area contributed by atoms with Gasteiger partial charge in [0.2, 0.25) is 0 Å². The molecule has 1 rings (SSSR count). The smallest absolute Gasteiger partial charge is 0.328 e. The largest absolute Gasteiger partial charge is 0.495 e. The van der Waals surface area contributed by atoms with Crippen molar-refractivity contribution in [3.8, 4) is 5.75 Å². The molecule has 0 bridgehead atoms. The third-order valence-electron chi connectivity index (χ3n) is 1.84. The highest BCUT2D eigenvalue weighted by molar-refractivity contribution is 6.32. The second-order valence-corrected chi connectivity index (χ2v) is 3.38. The molecule has 4 nitrogen and oxygen atoms in total. The average molecular weight is 242 g/mol. The lowest BCUT2D eigenvalue weighted by molar-refractivity contribution is -0.131. The van der Waals surface area contributed by atoms with Crippen molar-refractivity contribution in [2.75, 3.05) is 19.0 Å². The zero-order valence-corrected chi connectivity index (χ0v) is 9.49. The monoisotopic (exact) mass is 241 g/mol. The van der Waals surface area contributed by atoms with Crippen LogP contribution in [0.15, 0.2) is 30.4 Å². The summed E-state index contributed by atoms with van der Waals surface area (Å²) in [6.45, 7) is 0.428. The maximum atomic E-state index is 10.2. The summed E-state index contributed by atoms with van der Waals surface area (Å²) >= 11 is 5.85. The molecule has 0 radical (unpaired) electrons. The van der Waals surface area contributed by atoms with Gasteiger partial charge in [0, 0.05) is 24.4 Å². The van der Waals surface area contributed by atoms with Crippen LogP contribution in [0.3, 0.4) is 0 Å². The third-order valence-corrected chi connectivity index (χ3v) is 2.15. The van der Waals surface area contributed by atoms with Gasteiger partial charge in [0.25, 0.3) is 0 Å². The second kappa shape index (κ2) is 6.02. The van der Waals surface area contributed by atoms with E-state index in [2.05, 4.69) is 5.32 Å². The van der Waals surface area contributed by atoms with Gasteiger partial charge >= 0.3 is 5.97 Å². The minimum absolute atomic E-state index is 0.428. The Morgan fingerprint density at radius 2 is 2.38 bits per heavy atom. The van der Waals surface area contributed by atoms with Crippen molar-refractivity contribution >= 4 is 23.3 Å². The molecular formula is C11H12ClNO3. The molecule has 0 aliphatic rings. The van der Waals surface area contributed by atoms with Gasteiger partial charge in [-0.05, 0) is 12.1 Å². The number of hydrogen-bond donors (Lipinski definition) is 2. The van der Waals surface area contributed by atoms with Crippen molar-refractivity contribution in [3.05, 3.63) is 35.4 Å². The number of carbonyl (C=O) groups is 1.